The van der Waals surface area contributed by atoms with E-state index in [9.17, 15) is 4.79 Å². The molecule has 0 radical (unpaired) electrons. The first-order valence-electron chi connectivity index (χ1n) is 6.45. The SMILES string of the molecule is Cc1noc(C)c1C(C)C(=O)N1CCNC(C)C1. The molecule has 0 aromatic carbocycles. The second-order valence-corrected chi connectivity index (χ2v) is 5.10. The van der Waals surface area contributed by atoms with Crippen molar-refractivity contribution < 1.29 is 9.32 Å². The van der Waals surface area contributed by atoms with Gasteiger partial charge in [-0.2, -0.15) is 0 Å². The van der Waals surface area contributed by atoms with Crippen LogP contribution in [-0.4, -0.2) is 41.6 Å². The molecule has 2 unspecified atom stereocenters. The Morgan fingerprint density at radius 2 is 2.28 bits per heavy atom. The summed E-state index contributed by atoms with van der Waals surface area (Å²) in [5.74, 6) is 0.732. The lowest BCUT2D eigenvalue weighted by Crippen LogP contribution is -2.52. The molecule has 0 saturated carbocycles. The second-order valence-electron chi connectivity index (χ2n) is 5.10. The van der Waals surface area contributed by atoms with Crippen LogP contribution in [0.15, 0.2) is 4.52 Å². The number of aryl methyl sites for hydroxylation is 2. The molecule has 1 aliphatic rings. The van der Waals surface area contributed by atoms with Crippen LogP contribution in [0.1, 0.15) is 36.8 Å². The largest absolute Gasteiger partial charge is 0.361 e. The Morgan fingerprint density at radius 1 is 1.56 bits per heavy atom. The molecule has 18 heavy (non-hydrogen) atoms. The van der Waals surface area contributed by atoms with E-state index in [0.29, 0.717) is 6.04 Å². The first-order chi connectivity index (χ1) is 8.50. The highest BCUT2D eigenvalue weighted by atomic mass is 16.5. The number of amides is 1. The van der Waals surface area contributed by atoms with Gasteiger partial charge in [-0.1, -0.05) is 5.16 Å². The van der Waals surface area contributed by atoms with Crippen molar-refractivity contribution in [3.05, 3.63) is 17.0 Å². The fraction of sp³-hybridized carbons (Fsp3) is 0.692. The summed E-state index contributed by atoms with van der Waals surface area (Å²) in [6.45, 7) is 10.2. The maximum Gasteiger partial charge on any atom is 0.230 e. The number of aromatic nitrogens is 1. The molecule has 1 aromatic rings. The van der Waals surface area contributed by atoms with E-state index in [4.69, 9.17) is 4.52 Å². The van der Waals surface area contributed by atoms with Crippen molar-refractivity contribution in [1.29, 1.82) is 0 Å². The normalized spacial score (nSPS) is 22.0. The van der Waals surface area contributed by atoms with Crippen molar-refractivity contribution in [3.63, 3.8) is 0 Å². The van der Waals surface area contributed by atoms with Crippen LogP contribution in [0.2, 0.25) is 0 Å². The molecule has 1 aliphatic heterocycles. The van der Waals surface area contributed by atoms with Gasteiger partial charge < -0.3 is 14.7 Å². The Balaban J connectivity index is 2.13. The highest BCUT2D eigenvalue weighted by Crippen LogP contribution is 2.25. The molecule has 1 N–H and O–H groups in total. The lowest BCUT2D eigenvalue weighted by Gasteiger charge is -2.33. The van der Waals surface area contributed by atoms with E-state index in [1.54, 1.807) is 0 Å². The average Bonchev–Trinajstić information content (AvgIpc) is 2.67. The molecule has 0 bridgehead atoms. The van der Waals surface area contributed by atoms with E-state index < -0.39 is 0 Å². The maximum absolute atomic E-state index is 12.5. The van der Waals surface area contributed by atoms with Gasteiger partial charge in [-0.15, -0.1) is 0 Å². The Morgan fingerprint density at radius 3 is 2.83 bits per heavy atom. The summed E-state index contributed by atoms with van der Waals surface area (Å²) < 4.78 is 5.14. The summed E-state index contributed by atoms with van der Waals surface area (Å²) in [6.07, 6.45) is 0. The number of hydrogen-bond acceptors (Lipinski definition) is 4. The van der Waals surface area contributed by atoms with Crippen LogP contribution in [0.5, 0.6) is 0 Å². The topological polar surface area (TPSA) is 58.4 Å². The third-order valence-electron chi connectivity index (χ3n) is 3.57. The summed E-state index contributed by atoms with van der Waals surface area (Å²) in [6, 6.07) is 0.361. The van der Waals surface area contributed by atoms with Crippen molar-refractivity contribution in [2.75, 3.05) is 19.6 Å². The number of nitrogens with zero attached hydrogens (tertiary/aromatic N) is 2. The molecular formula is C13H21N3O2. The monoisotopic (exact) mass is 251 g/mol. The van der Waals surface area contributed by atoms with Gasteiger partial charge in [0.2, 0.25) is 5.91 Å². The van der Waals surface area contributed by atoms with Gasteiger partial charge in [-0.05, 0) is 27.7 Å². The highest BCUT2D eigenvalue weighted by Gasteiger charge is 2.29. The standard InChI is InChI=1S/C13H21N3O2/c1-8-7-16(6-5-14-8)13(17)9(2)12-10(3)15-18-11(12)4/h8-9,14H,5-7H2,1-4H3. The molecule has 1 aromatic heterocycles. The zero-order valence-corrected chi connectivity index (χ0v) is 11.5. The van der Waals surface area contributed by atoms with Crippen LogP contribution >= 0.6 is 0 Å². The van der Waals surface area contributed by atoms with Crippen molar-refractivity contribution in [3.8, 4) is 0 Å². The zero-order chi connectivity index (χ0) is 13.3. The van der Waals surface area contributed by atoms with Crippen molar-refractivity contribution in [2.24, 2.45) is 0 Å². The smallest absolute Gasteiger partial charge is 0.230 e. The van der Waals surface area contributed by atoms with Crippen LogP contribution in [0.3, 0.4) is 0 Å². The minimum Gasteiger partial charge on any atom is -0.361 e. The van der Waals surface area contributed by atoms with Crippen LogP contribution in [0.25, 0.3) is 0 Å². The number of nitrogens with one attached hydrogen (secondary N) is 1. The lowest BCUT2D eigenvalue weighted by atomic mass is 9.97. The minimum absolute atomic E-state index is 0.165. The predicted octanol–water partition coefficient (Wildman–Crippen LogP) is 1.22. The van der Waals surface area contributed by atoms with Gasteiger partial charge in [-0.25, -0.2) is 0 Å². The Labute approximate surface area is 108 Å². The molecule has 5 nitrogen and oxygen atoms in total. The van der Waals surface area contributed by atoms with Gasteiger partial charge in [0, 0.05) is 31.2 Å². The molecule has 0 spiro atoms. The van der Waals surface area contributed by atoms with Crippen molar-refractivity contribution in [1.82, 2.24) is 15.4 Å². The van der Waals surface area contributed by atoms with E-state index in [0.717, 1.165) is 36.7 Å². The quantitative estimate of drug-likeness (QED) is 0.858. The molecule has 1 fully saturated rings. The molecular weight excluding hydrogens is 230 g/mol. The maximum atomic E-state index is 12.5. The highest BCUT2D eigenvalue weighted by molar-refractivity contribution is 5.84. The van der Waals surface area contributed by atoms with E-state index >= 15 is 0 Å². The molecule has 100 valence electrons. The molecule has 2 rings (SSSR count). The molecule has 2 atom stereocenters. The average molecular weight is 251 g/mol. The fourth-order valence-electron chi connectivity index (χ4n) is 2.64. The summed E-state index contributed by atoms with van der Waals surface area (Å²) in [5, 5.41) is 7.26. The Bertz CT molecular complexity index is 422. The number of carbonyl (C=O) groups excluding carboxylic acids is 1. The number of piperazine rings is 1. The molecule has 5 heteroatoms. The number of rotatable bonds is 2. The molecule has 2 heterocycles. The first-order valence-corrected chi connectivity index (χ1v) is 6.45. The Kier molecular flexibility index (Phi) is 3.71. The van der Waals surface area contributed by atoms with Crippen LogP contribution in [-0.2, 0) is 4.79 Å². The first kappa shape index (κ1) is 13.1. The Hall–Kier alpha value is -1.36. The summed E-state index contributed by atoms with van der Waals surface area (Å²) in [5.41, 5.74) is 1.75. The van der Waals surface area contributed by atoms with Gasteiger partial charge in [0.15, 0.2) is 0 Å². The van der Waals surface area contributed by atoms with Gasteiger partial charge in [-0.3, -0.25) is 4.79 Å². The van der Waals surface area contributed by atoms with Crippen molar-refractivity contribution in [2.45, 2.75) is 39.7 Å². The van der Waals surface area contributed by atoms with E-state index in [2.05, 4.69) is 17.4 Å². The fourth-order valence-corrected chi connectivity index (χ4v) is 2.64. The van der Waals surface area contributed by atoms with E-state index in [1.165, 1.54) is 0 Å². The molecule has 0 aliphatic carbocycles. The van der Waals surface area contributed by atoms with Crippen molar-refractivity contribution >= 4 is 5.91 Å². The third-order valence-corrected chi connectivity index (χ3v) is 3.57. The minimum atomic E-state index is -0.179. The number of carbonyl (C=O) groups is 1. The summed E-state index contributed by atoms with van der Waals surface area (Å²) >= 11 is 0. The van der Waals surface area contributed by atoms with Gasteiger partial charge in [0.05, 0.1) is 11.6 Å². The predicted molar refractivity (Wildman–Crippen MR) is 68.4 cm³/mol. The number of hydrogen-bond donors (Lipinski definition) is 1. The second kappa shape index (κ2) is 5.10. The van der Waals surface area contributed by atoms with E-state index in [1.807, 2.05) is 25.7 Å². The van der Waals surface area contributed by atoms with Gasteiger partial charge in [0.1, 0.15) is 5.76 Å². The van der Waals surface area contributed by atoms with Crippen LogP contribution < -0.4 is 5.32 Å². The van der Waals surface area contributed by atoms with Gasteiger partial charge >= 0.3 is 0 Å². The van der Waals surface area contributed by atoms with Crippen LogP contribution in [0, 0.1) is 13.8 Å². The molecule has 1 amide bonds. The molecule has 1 saturated heterocycles. The lowest BCUT2D eigenvalue weighted by molar-refractivity contribution is -0.133. The van der Waals surface area contributed by atoms with Crippen LogP contribution in [0.4, 0.5) is 0 Å². The van der Waals surface area contributed by atoms with E-state index in [-0.39, 0.29) is 11.8 Å². The van der Waals surface area contributed by atoms with Gasteiger partial charge in [0.25, 0.3) is 0 Å². The zero-order valence-electron chi connectivity index (χ0n) is 11.5. The third kappa shape index (κ3) is 2.41. The summed E-state index contributed by atoms with van der Waals surface area (Å²) in [4.78, 5) is 14.4. The summed E-state index contributed by atoms with van der Waals surface area (Å²) in [7, 11) is 0.